The first-order valence-corrected chi connectivity index (χ1v) is 21.2. The van der Waals surface area contributed by atoms with E-state index >= 15 is 0 Å². The monoisotopic (exact) mass is 730 g/mol. The molecule has 53 heavy (non-hydrogen) atoms. The predicted octanol–water partition coefficient (Wildman–Crippen LogP) is 14.9. The Labute approximate surface area is 319 Å². The van der Waals surface area contributed by atoms with Crippen molar-refractivity contribution in [3.05, 3.63) is 182 Å². The molecule has 250 valence electrons. The second kappa shape index (κ2) is 11.2. The van der Waals surface area contributed by atoms with E-state index in [1.807, 2.05) is 23.5 Å². The highest BCUT2D eigenvalue weighted by atomic mass is 32.3. The van der Waals surface area contributed by atoms with Crippen LogP contribution in [-0.4, -0.2) is 0 Å². The summed E-state index contributed by atoms with van der Waals surface area (Å²) in [4.78, 5) is 15.8. The van der Waals surface area contributed by atoms with Crippen LogP contribution in [-0.2, 0) is 0 Å². The number of fused-ring (bicyclic) bond motifs is 14. The molecule has 4 heterocycles. The fourth-order valence-corrected chi connectivity index (χ4v) is 15.6. The lowest BCUT2D eigenvalue weighted by Crippen LogP contribution is -2.15. The summed E-state index contributed by atoms with van der Waals surface area (Å²) in [5.74, 6) is 0. The van der Waals surface area contributed by atoms with Gasteiger partial charge in [-0.15, -0.1) is 10.0 Å². The van der Waals surface area contributed by atoms with Crippen molar-refractivity contribution in [2.75, 3.05) is 9.80 Å². The van der Waals surface area contributed by atoms with Gasteiger partial charge < -0.3 is 9.80 Å². The summed E-state index contributed by atoms with van der Waals surface area (Å²) in [6.45, 7) is 0. The second-order valence-electron chi connectivity index (χ2n) is 13.7. The van der Waals surface area contributed by atoms with Crippen molar-refractivity contribution < 1.29 is 0 Å². The summed E-state index contributed by atoms with van der Waals surface area (Å²) >= 11 is 3.72. The van der Waals surface area contributed by atoms with Crippen LogP contribution in [0.1, 0.15) is 0 Å². The maximum atomic E-state index is 2.54. The molecule has 4 aliphatic rings. The molecule has 8 aromatic rings. The van der Waals surface area contributed by atoms with Crippen molar-refractivity contribution in [1.82, 2.24) is 0 Å². The average molecular weight is 731 g/mol. The van der Waals surface area contributed by atoms with E-state index in [1.54, 1.807) is 0 Å². The molecule has 1 spiro atoms. The van der Waals surface area contributed by atoms with Crippen molar-refractivity contribution in [2.45, 2.75) is 39.2 Å². The average Bonchev–Trinajstić information content (AvgIpc) is 3.68. The van der Waals surface area contributed by atoms with E-state index in [1.165, 1.54) is 95.5 Å². The molecule has 0 amide bonds. The zero-order valence-corrected chi connectivity index (χ0v) is 30.9. The number of benzene rings is 8. The topological polar surface area (TPSA) is 6.48 Å². The molecule has 5 heteroatoms. The SMILES string of the molecule is c1ccc2c(c1)Sc1ccccc1N2c1ccc2c(c1)S1(c3ccccc3-2)c2ccccc2-c2ccc(N3c4ccccc4Sc4ccccc43)cc21. The molecule has 4 aliphatic heterocycles. The van der Waals surface area contributed by atoms with Crippen LogP contribution in [0.25, 0.3) is 22.3 Å². The Kier molecular flexibility index (Phi) is 6.33. The van der Waals surface area contributed by atoms with Gasteiger partial charge in [0, 0.05) is 50.5 Å². The number of para-hydroxylation sites is 4. The quantitative estimate of drug-likeness (QED) is 0.175. The van der Waals surface area contributed by atoms with Crippen LogP contribution in [0, 0.1) is 0 Å². The van der Waals surface area contributed by atoms with Crippen LogP contribution in [0.5, 0.6) is 0 Å². The molecule has 0 aromatic heterocycles. The van der Waals surface area contributed by atoms with Crippen molar-refractivity contribution in [3.63, 3.8) is 0 Å². The van der Waals surface area contributed by atoms with Crippen LogP contribution in [0.15, 0.2) is 221 Å². The Hall–Kier alpha value is -5.59. The lowest BCUT2D eigenvalue weighted by atomic mass is 10.0. The molecule has 0 aliphatic carbocycles. The Morgan fingerprint density at radius 2 is 0.623 bits per heavy atom. The van der Waals surface area contributed by atoms with Gasteiger partial charge in [0.2, 0.25) is 0 Å². The van der Waals surface area contributed by atoms with Crippen LogP contribution in [0.3, 0.4) is 0 Å². The van der Waals surface area contributed by atoms with Crippen LogP contribution in [0.2, 0.25) is 0 Å². The Morgan fingerprint density at radius 3 is 1.02 bits per heavy atom. The molecule has 0 N–H and O–H groups in total. The van der Waals surface area contributed by atoms with E-state index in [9.17, 15) is 0 Å². The first-order chi connectivity index (χ1) is 26.3. The van der Waals surface area contributed by atoms with Gasteiger partial charge in [-0.05, 0) is 107 Å². The summed E-state index contributed by atoms with van der Waals surface area (Å²) in [6.07, 6.45) is 0. The highest BCUT2D eigenvalue weighted by Crippen LogP contribution is 2.85. The van der Waals surface area contributed by atoms with Gasteiger partial charge >= 0.3 is 0 Å². The first kappa shape index (κ1) is 29.9. The third-order valence-corrected chi connectivity index (χ3v) is 17.3. The first-order valence-electron chi connectivity index (χ1n) is 17.9. The largest absolute Gasteiger partial charge is 0.308 e. The number of hydrogen-bond acceptors (Lipinski definition) is 4. The molecule has 0 bridgehead atoms. The highest BCUT2D eigenvalue weighted by molar-refractivity contribution is 8.34. The number of rotatable bonds is 2. The predicted molar refractivity (Wildman–Crippen MR) is 222 cm³/mol. The van der Waals surface area contributed by atoms with E-state index in [0.29, 0.717) is 0 Å². The minimum Gasteiger partial charge on any atom is -0.308 e. The molecular formula is C48H30N2S3. The molecule has 12 rings (SSSR count). The molecule has 8 aromatic carbocycles. The van der Waals surface area contributed by atoms with Crippen molar-refractivity contribution in [2.24, 2.45) is 0 Å². The number of anilines is 6. The fourth-order valence-electron chi connectivity index (χ4n) is 8.84. The molecule has 0 radical (unpaired) electrons. The van der Waals surface area contributed by atoms with Gasteiger partial charge in [0.1, 0.15) is 0 Å². The van der Waals surface area contributed by atoms with E-state index in [0.717, 1.165) is 0 Å². The molecule has 0 atom stereocenters. The van der Waals surface area contributed by atoms with Crippen molar-refractivity contribution >= 4 is 67.7 Å². The minimum atomic E-state index is -1.86. The lowest BCUT2D eigenvalue weighted by molar-refractivity contribution is 1.15. The molecule has 0 unspecified atom stereocenters. The van der Waals surface area contributed by atoms with Gasteiger partial charge in [-0.1, -0.05) is 121 Å². The van der Waals surface area contributed by atoms with Gasteiger partial charge in [0.05, 0.1) is 22.7 Å². The van der Waals surface area contributed by atoms with Gasteiger partial charge in [0.15, 0.2) is 0 Å². The smallest absolute Gasteiger partial charge is 0.0601 e. The standard InChI is InChI=1S/C48H30N2S3/c1-11-23-45-33(13-1)35-27-25-31(49-37-15-3-7-19-41(37)51-42-20-8-4-16-38(42)49)29-47(35)53(45)46-24-12-2-14-34(46)36-28-26-32(30-48(36)53)50-39-17-5-9-21-43(39)52-44-22-10-6-18-40(44)50/h1-30H. The van der Waals surface area contributed by atoms with E-state index in [4.69, 9.17) is 0 Å². The maximum Gasteiger partial charge on any atom is 0.0601 e. The third-order valence-electron chi connectivity index (χ3n) is 11.0. The summed E-state index contributed by atoms with van der Waals surface area (Å²) < 4.78 is 0. The molecule has 2 nitrogen and oxygen atoms in total. The minimum absolute atomic E-state index is 1.20. The summed E-state index contributed by atoms with van der Waals surface area (Å²) in [6, 6.07) is 68.3. The van der Waals surface area contributed by atoms with Gasteiger partial charge in [0.25, 0.3) is 0 Å². The third kappa shape index (κ3) is 4.05. The normalized spacial score (nSPS) is 15.3. The highest BCUT2D eigenvalue weighted by Gasteiger charge is 2.48. The Morgan fingerprint density at radius 1 is 0.302 bits per heavy atom. The zero-order chi connectivity index (χ0) is 34.7. The fraction of sp³-hybridized carbons (Fsp3) is 0. The summed E-state index contributed by atoms with van der Waals surface area (Å²) in [7, 11) is -1.86. The lowest BCUT2D eigenvalue weighted by Gasteiger charge is -2.38. The van der Waals surface area contributed by atoms with Gasteiger partial charge in [-0.3, -0.25) is 0 Å². The molecular weight excluding hydrogens is 701 g/mol. The van der Waals surface area contributed by atoms with E-state index in [-0.39, 0.29) is 0 Å². The van der Waals surface area contributed by atoms with Gasteiger partial charge in [-0.25, -0.2) is 0 Å². The molecule has 0 saturated heterocycles. The molecule has 0 fully saturated rings. The second-order valence-corrected chi connectivity index (χ2v) is 18.9. The van der Waals surface area contributed by atoms with Crippen molar-refractivity contribution in [1.29, 1.82) is 0 Å². The van der Waals surface area contributed by atoms with Crippen molar-refractivity contribution in [3.8, 4) is 22.3 Å². The Balaban J connectivity index is 1.14. The van der Waals surface area contributed by atoms with E-state index in [2.05, 4.69) is 192 Å². The summed E-state index contributed by atoms with van der Waals surface area (Å²) in [5, 5.41) is 0. The summed E-state index contributed by atoms with van der Waals surface area (Å²) in [5.41, 5.74) is 12.7. The van der Waals surface area contributed by atoms with Crippen LogP contribution >= 0.6 is 33.6 Å². The Bertz CT molecular complexity index is 2560. The number of nitrogens with zero attached hydrogens (tertiary/aromatic N) is 2. The maximum absolute atomic E-state index is 2.54. The number of hydrogen-bond donors (Lipinski definition) is 0. The zero-order valence-electron chi connectivity index (χ0n) is 28.4. The molecule has 0 saturated carbocycles. The van der Waals surface area contributed by atoms with Crippen LogP contribution < -0.4 is 9.80 Å². The van der Waals surface area contributed by atoms with E-state index < -0.39 is 10.0 Å². The van der Waals surface area contributed by atoms with Gasteiger partial charge in [-0.2, -0.15) is 0 Å². The van der Waals surface area contributed by atoms with Crippen LogP contribution in [0.4, 0.5) is 34.1 Å².